The summed E-state index contributed by atoms with van der Waals surface area (Å²) in [6.45, 7) is 5.34. The van der Waals surface area contributed by atoms with Gasteiger partial charge in [0.2, 0.25) is 0 Å². The van der Waals surface area contributed by atoms with Crippen molar-refractivity contribution in [3.63, 3.8) is 0 Å². The number of halogens is 1. The quantitative estimate of drug-likeness (QED) is 0.178. The standard InChI is InChI=1S/C34H29FN4O3/c1-4-22(2)39-33(40)29(23(3)30(19-36)34(39)41)18-26-20-38(27-13-6-5-7-14-27)37-32(26)24-12-10-15-28(17-24)42-21-25-11-8-9-16-31(25)35/h5-18,20,22H,4,21H2,1-3H3/b29-18+. The average Bonchev–Trinajstić information content (AvgIpc) is 3.43. The van der Waals surface area contributed by atoms with Crippen LogP contribution < -0.4 is 4.74 Å². The lowest BCUT2D eigenvalue weighted by Crippen LogP contribution is -2.47. The van der Waals surface area contributed by atoms with Crippen LogP contribution in [0.25, 0.3) is 23.0 Å². The van der Waals surface area contributed by atoms with Crippen LogP contribution in [-0.4, -0.2) is 32.5 Å². The number of rotatable bonds is 8. The maximum absolute atomic E-state index is 14.1. The molecule has 0 saturated heterocycles. The lowest BCUT2D eigenvalue weighted by molar-refractivity contribution is -0.142. The van der Waals surface area contributed by atoms with Crippen molar-refractivity contribution in [1.29, 1.82) is 5.26 Å². The summed E-state index contributed by atoms with van der Waals surface area (Å²) in [5.74, 6) is -0.849. The molecule has 1 aliphatic heterocycles. The molecule has 1 unspecified atom stereocenters. The molecule has 0 spiro atoms. The van der Waals surface area contributed by atoms with Crippen molar-refractivity contribution in [2.24, 2.45) is 0 Å². The minimum absolute atomic E-state index is 0.0540. The molecule has 1 aromatic heterocycles. The molecule has 0 fully saturated rings. The first-order chi connectivity index (χ1) is 20.3. The number of para-hydroxylation sites is 1. The second-order valence-corrected chi connectivity index (χ2v) is 10.0. The van der Waals surface area contributed by atoms with Gasteiger partial charge in [0, 0.05) is 34.5 Å². The van der Waals surface area contributed by atoms with Crippen molar-refractivity contribution in [1.82, 2.24) is 14.7 Å². The van der Waals surface area contributed by atoms with E-state index in [9.17, 15) is 19.2 Å². The smallest absolute Gasteiger partial charge is 0.271 e. The Labute approximate surface area is 243 Å². The molecule has 0 N–H and O–H groups in total. The molecular formula is C34H29FN4O3. The molecule has 4 aromatic rings. The van der Waals surface area contributed by atoms with Gasteiger partial charge in [0.05, 0.1) is 5.69 Å². The van der Waals surface area contributed by atoms with Gasteiger partial charge < -0.3 is 4.74 Å². The number of carbonyl (C=O) groups is 2. The Morgan fingerprint density at radius 2 is 1.76 bits per heavy atom. The molecular weight excluding hydrogens is 531 g/mol. The molecule has 5 rings (SSSR count). The zero-order valence-corrected chi connectivity index (χ0v) is 23.5. The summed E-state index contributed by atoms with van der Waals surface area (Å²) in [4.78, 5) is 27.8. The summed E-state index contributed by atoms with van der Waals surface area (Å²) in [6.07, 6.45) is 4.05. The Bertz CT molecular complexity index is 1760. The van der Waals surface area contributed by atoms with Gasteiger partial charge in [-0.3, -0.25) is 14.5 Å². The third kappa shape index (κ3) is 5.50. The van der Waals surface area contributed by atoms with E-state index in [1.54, 1.807) is 55.1 Å². The topological polar surface area (TPSA) is 88.2 Å². The van der Waals surface area contributed by atoms with Crippen molar-refractivity contribution >= 4 is 17.9 Å². The van der Waals surface area contributed by atoms with E-state index in [-0.39, 0.29) is 29.6 Å². The first-order valence-corrected chi connectivity index (χ1v) is 13.6. The molecule has 3 aromatic carbocycles. The highest BCUT2D eigenvalue weighted by Gasteiger charge is 2.37. The maximum atomic E-state index is 14.1. The Balaban J connectivity index is 1.61. The molecule has 42 heavy (non-hydrogen) atoms. The minimum Gasteiger partial charge on any atom is -0.489 e. The van der Waals surface area contributed by atoms with Crippen LogP contribution in [0.1, 0.15) is 38.3 Å². The van der Waals surface area contributed by atoms with Gasteiger partial charge in [-0.15, -0.1) is 0 Å². The van der Waals surface area contributed by atoms with Crippen LogP contribution in [0.5, 0.6) is 5.75 Å². The van der Waals surface area contributed by atoms with Gasteiger partial charge in [-0.25, -0.2) is 9.07 Å². The van der Waals surface area contributed by atoms with E-state index < -0.39 is 11.8 Å². The summed E-state index contributed by atoms with van der Waals surface area (Å²) in [6, 6.07) is 24.9. The molecule has 7 nitrogen and oxygen atoms in total. The number of amides is 2. The maximum Gasteiger partial charge on any atom is 0.271 e. The summed E-state index contributed by atoms with van der Waals surface area (Å²) < 4.78 is 21.8. The highest BCUT2D eigenvalue weighted by Crippen LogP contribution is 2.33. The van der Waals surface area contributed by atoms with Gasteiger partial charge in [-0.05, 0) is 62.2 Å². The number of carbonyl (C=O) groups excluding carboxylic acids is 2. The predicted octanol–water partition coefficient (Wildman–Crippen LogP) is 6.65. The van der Waals surface area contributed by atoms with Crippen molar-refractivity contribution in [3.8, 4) is 28.8 Å². The van der Waals surface area contributed by atoms with Gasteiger partial charge in [-0.1, -0.05) is 55.5 Å². The van der Waals surface area contributed by atoms with Crippen molar-refractivity contribution in [2.45, 2.75) is 39.8 Å². The van der Waals surface area contributed by atoms with Gasteiger partial charge in [0.15, 0.2) is 0 Å². The highest BCUT2D eigenvalue weighted by atomic mass is 19.1. The number of imide groups is 1. The summed E-state index contributed by atoms with van der Waals surface area (Å²) in [5.41, 5.74) is 3.67. The van der Waals surface area contributed by atoms with E-state index in [0.717, 1.165) is 10.6 Å². The monoisotopic (exact) mass is 560 g/mol. The number of benzene rings is 3. The first-order valence-electron chi connectivity index (χ1n) is 13.6. The SMILES string of the molecule is CCC(C)N1C(=O)C(C#N)=C(C)/C(=C\c2cn(-c3ccccc3)nc2-c2cccc(OCc3ccccc3F)c2)C1=O. The largest absolute Gasteiger partial charge is 0.489 e. The Morgan fingerprint density at radius 1 is 1.02 bits per heavy atom. The molecule has 0 radical (unpaired) electrons. The lowest BCUT2D eigenvalue weighted by atomic mass is 9.92. The first kappa shape index (κ1) is 28.2. The van der Waals surface area contributed by atoms with Crippen LogP contribution in [0, 0.1) is 17.1 Å². The Hall–Kier alpha value is -5.29. The zero-order valence-electron chi connectivity index (χ0n) is 23.5. The fourth-order valence-electron chi connectivity index (χ4n) is 4.78. The summed E-state index contributed by atoms with van der Waals surface area (Å²) in [7, 11) is 0. The Kier molecular flexibility index (Phi) is 8.12. The zero-order chi connectivity index (χ0) is 29.8. The predicted molar refractivity (Wildman–Crippen MR) is 158 cm³/mol. The van der Waals surface area contributed by atoms with Gasteiger partial charge >= 0.3 is 0 Å². The van der Waals surface area contributed by atoms with Crippen LogP contribution in [-0.2, 0) is 16.2 Å². The van der Waals surface area contributed by atoms with Gasteiger partial charge in [0.25, 0.3) is 11.8 Å². The van der Waals surface area contributed by atoms with E-state index in [1.165, 1.54) is 6.07 Å². The molecule has 2 amide bonds. The molecule has 210 valence electrons. The van der Waals surface area contributed by atoms with E-state index >= 15 is 0 Å². The number of nitriles is 1. The van der Waals surface area contributed by atoms with Crippen LogP contribution in [0.15, 0.2) is 102 Å². The number of hydrogen-bond donors (Lipinski definition) is 0. The van der Waals surface area contributed by atoms with Gasteiger partial charge in [-0.2, -0.15) is 10.4 Å². The van der Waals surface area contributed by atoms with E-state index in [4.69, 9.17) is 9.84 Å². The van der Waals surface area contributed by atoms with Crippen LogP contribution in [0.2, 0.25) is 0 Å². The van der Waals surface area contributed by atoms with Crippen LogP contribution in [0.4, 0.5) is 4.39 Å². The molecule has 2 heterocycles. The van der Waals surface area contributed by atoms with E-state index in [0.29, 0.717) is 40.1 Å². The fourth-order valence-corrected chi connectivity index (χ4v) is 4.78. The summed E-state index contributed by atoms with van der Waals surface area (Å²) in [5, 5.41) is 14.6. The van der Waals surface area contributed by atoms with E-state index in [2.05, 4.69) is 0 Å². The van der Waals surface area contributed by atoms with Gasteiger partial charge in [0.1, 0.15) is 35.5 Å². The highest BCUT2D eigenvalue weighted by molar-refractivity contribution is 6.20. The number of hydrogen-bond acceptors (Lipinski definition) is 5. The van der Waals surface area contributed by atoms with Crippen molar-refractivity contribution in [2.75, 3.05) is 0 Å². The normalized spacial score (nSPS) is 15.2. The van der Waals surface area contributed by atoms with E-state index in [1.807, 2.05) is 61.5 Å². The Morgan fingerprint density at radius 3 is 2.48 bits per heavy atom. The molecule has 1 atom stereocenters. The minimum atomic E-state index is -0.577. The second-order valence-electron chi connectivity index (χ2n) is 10.0. The lowest BCUT2D eigenvalue weighted by Gasteiger charge is -2.31. The molecule has 1 aliphatic rings. The number of aromatic nitrogens is 2. The van der Waals surface area contributed by atoms with Crippen LogP contribution >= 0.6 is 0 Å². The third-order valence-electron chi connectivity index (χ3n) is 7.33. The number of nitrogens with zero attached hydrogens (tertiary/aromatic N) is 4. The second kappa shape index (κ2) is 12.1. The molecule has 8 heteroatoms. The van der Waals surface area contributed by atoms with Crippen LogP contribution in [0.3, 0.4) is 0 Å². The third-order valence-corrected chi connectivity index (χ3v) is 7.33. The van der Waals surface area contributed by atoms with Crippen molar-refractivity contribution in [3.05, 3.63) is 119 Å². The fraction of sp³-hybridized carbons (Fsp3) is 0.176. The molecule has 0 aliphatic carbocycles. The van der Waals surface area contributed by atoms with Crippen molar-refractivity contribution < 1.29 is 18.7 Å². The molecule has 0 bridgehead atoms. The molecule has 0 saturated carbocycles. The summed E-state index contributed by atoms with van der Waals surface area (Å²) >= 11 is 0. The number of ether oxygens (including phenoxy) is 1. The average molecular weight is 561 g/mol.